The van der Waals surface area contributed by atoms with Crippen LogP contribution >= 0.6 is 0 Å². The summed E-state index contributed by atoms with van der Waals surface area (Å²) in [4.78, 5) is 32.2. The number of carbonyl (C=O) groups is 1. The predicted molar refractivity (Wildman–Crippen MR) is 88.1 cm³/mol. The molecule has 2 fully saturated rings. The Labute approximate surface area is 153 Å². The van der Waals surface area contributed by atoms with E-state index in [1.54, 1.807) is 13.8 Å². The molecule has 1 aromatic heterocycles. The van der Waals surface area contributed by atoms with Gasteiger partial charge in [0, 0.05) is 12.3 Å². The van der Waals surface area contributed by atoms with Crippen molar-refractivity contribution in [3.63, 3.8) is 0 Å². The summed E-state index contributed by atoms with van der Waals surface area (Å²) in [7, 11) is 0. The quantitative estimate of drug-likeness (QED) is 0.393. The van der Waals surface area contributed by atoms with Crippen LogP contribution in [0.1, 0.15) is 20.1 Å². The molecule has 3 rings (SSSR count). The number of aromatic nitrogens is 2. The van der Waals surface area contributed by atoms with E-state index in [4.69, 9.17) is 25.1 Å². The number of aliphatic hydroxyl groups excluding tert-OH is 2. The molecule has 5 atom stereocenters. The Balaban J connectivity index is 1.74. The van der Waals surface area contributed by atoms with Gasteiger partial charge in [-0.05, 0) is 13.8 Å². The number of carbonyl (C=O) groups excluding carboxylic acids is 1. The lowest BCUT2D eigenvalue weighted by atomic mass is 10.1. The maximum absolute atomic E-state index is 12.4. The summed E-state index contributed by atoms with van der Waals surface area (Å²) in [6, 6.07) is 0.171. The highest BCUT2D eigenvalue weighted by Gasteiger charge is 2.55. The molecule has 1 aromatic rings. The van der Waals surface area contributed by atoms with Crippen LogP contribution in [0.25, 0.3) is 0 Å². The second-order valence-corrected chi connectivity index (χ2v) is 6.63. The number of hydrogen-bond donors (Lipinski definition) is 4. The fourth-order valence-electron chi connectivity index (χ4n) is 2.95. The van der Waals surface area contributed by atoms with E-state index < -0.39 is 54.6 Å². The smallest absolute Gasteiger partial charge is 0.351 e. The second-order valence-electron chi connectivity index (χ2n) is 6.63. The summed E-state index contributed by atoms with van der Waals surface area (Å²) < 4.78 is 18.4. The Morgan fingerprint density at radius 1 is 1.44 bits per heavy atom. The van der Waals surface area contributed by atoms with Crippen molar-refractivity contribution in [2.75, 3.05) is 18.7 Å². The normalized spacial score (nSPS) is 30.0. The SMILES string of the molecule is CC1(C)O[C@@H]2[C@H](O1)[C@@H](CO)O[C@H]2n1ccc(NOC(=O)[C@@H](N)CO)nc1=O. The van der Waals surface area contributed by atoms with Crippen LogP contribution in [-0.2, 0) is 23.8 Å². The second kappa shape index (κ2) is 7.50. The molecule has 12 heteroatoms. The number of aliphatic hydroxyl groups is 2. The van der Waals surface area contributed by atoms with Crippen LogP contribution in [0.4, 0.5) is 5.82 Å². The van der Waals surface area contributed by atoms with Gasteiger partial charge in [0.05, 0.1) is 13.2 Å². The average Bonchev–Trinajstić information content (AvgIpc) is 3.11. The molecule has 0 bridgehead atoms. The first-order valence-corrected chi connectivity index (χ1v) is 8.30. The molecule has 3 heterocycles. The third-order valence-electron chi connectivity index (χ3n) is 4.17. The molecule has 0 spiro atoms. The molecule has 12 nitrogen and oxygen atoms in total. The highest BCUT2D eigenvalue weighted by Crippen LogP contribution is 2.42. The van der Waals surface area contributed by atoms with Crippen molar-refractivity contribution in [2.45, 2.75) is 50.2 Å². The minimum Gasteiger partial charge on any atom is -0.394 e. The fraction of sp³-hybridized carbons (Fsp3) is 0.667. The molecule has 5 N–H and O–H groups in total. The zero-order chi connectivity index (χ0) is 19.8. The summed E-state index contributed by atoms with van der Waals surface area (Å²) >= 11 is 0. The van der Waals surface area contributed by atoms with Crippen LogP contribution in [0.15, 0.2) is 17.1 Å². The minimum atomic E-state index is -1.21. The lowest BCUT2D eigenvalue weighted by molar-refractivity contribution is -0.200. The third kappa shape index (κ3) is 3.95. The Bertz CT molecular complexity index is 754. The van der Waals surface area contributed by atoms with Gasteiger partial charge in [0.15, 0.2) is 17.8 Å². The third-order valence-corrected chi connectivity index (χ3v) is 4.17. The van der Waals surface area contributed by atoms with Gasteiger partial charge in [-0.1, -0.05) is 0 Å². The Morgan fingerprint density at radius 3 is 2.78 bits per heavy atom. The standard InChI is InChI=1S/C15H22N4O8/c1-15(2)25-10-8(6-21)24-12(11(10)26-15)19-4-3-9(17-14(19)23)18-27-13(22)7(16)5-20/h3-4,7-8,10-12,20-21H,5-6,16H2,1-2H3,(H,17,18,23)/t7-,8+,10+,11+,12+/m0/s1. The molecule has 0 aromatic carbocycles. The highest BCUT2D eigenvalue weighted by atomic mass is 16.8. The number of nitrogens with one attached hydrogen (secondary N) is 1. The fourth-order valence-corrected chi connectivity index (χ4v) is 2.95. The minimum absolute atomic E-state index is 0.0353. The maximum Gasteiger partial charge on any atom is 0.351 e. The van der Waals surface area contributed by atoms with Crippen LogP contribution < -0.4 is 16.9 Å². The van der Waals surface area contributed by atoms with E-state index in [0.29, 0.717) is 0 Å². The van der Waals surface area contributed by atoms with Gasteiger partial charge in [0.1, 0.15) is 24.4 Å². The van der Waals surface area contributed by atoms with Gasteiger partial charge in [-0.25, -0.2) is 15.1 Å². The Kier molecular flexibility index (Phi) is 5.46. The molecule has 2 aliphatic rings. The summed E-state index contributed by atoms with van der Waals surface area (Å²) in [6.07, 6.45) is -1.23. The molecule has 2 saturated heterocycles. The molecular weight excluding hydrogens is 364 g/mol. The lowest BCUT2D eigenvalue weighted by Gasteiger charge is -2.24. The zero-order valence-electron chi connectivity index (χ0n) is 14.8. The van der Waals surface area contributed by atoms with Crippen LogP contribution in [0.5, 0.6) is 0 Å². The predicted octanol–water partition coefficient (Wildman–Crippen LogP) is -2.16. The van der Waals surface area contributed by atoms with Gasteiger partial charge < -0.3 is 35.0 Å². The van der Waals surface area contributed by atoms with Gasteiger partial charge in [0.25, 0.3) is 0 Å². The number of nitrogens with two attached hydrogens (primary N) is 1. The molecule has 0 amide bonds. The van der Waals surface area contributed by atoms with Crippen LogP contribution in [-0.4, -0.2) is 69.1 Å². The first-order valence-electron chi connectivity index (χ1n) is 8.30. The lowest BCUT2D eigenvalue weighted by Crippen LogP contribution is -2.37. The van der Waals surface area contributed by atoms with Gasteiger partial charge in [0.2, 0.25) is 0 Å². The molecule has 150 valence electrons. The van der Waals surface area contributed by atoms with Crippen molar-refractivity contribution in [2.24, 2.45) is 5.73 Å². The van der Waals surface area contributed by atoms with Crippen LogP contribution in [0, 0.1) is 0 Å². The van der Waals surface area contributed by atoms with Gasteiger partial charge in [-0.15, -0.1) is 0 Å². The molecule has 0 unspecified atom stereocenters. The van der Waals surface area contributed by atoms with Gasteiger partial charge in [-0.2, -0.15) is 4.98 Å². The van der Waals surface area contributed by atoms with E-state index in [9.17, 15) is 14.7 Å². The molecule has 27 heavy (non-hydrogen) atoms. The topological polar surface area (TPSA) is 167 Å². The van der Waals surface area contributed by atoms with Crippen molar-refractivity contribution in [1.29, 1.82) is 0 Å². The van der Waals surface area contributed by atoms with E-state index >= 15 is 0 Å². The molecule has 2 aliphatic heterocycles. The number of hydrogen-bond acceptors (Lipinski definition) is 11. The van der Waals surface area contributed by atoms with Crippen molar-refractivity contribution in [1.82, 2.24) is 9.55 Å². The van der Waals surface area contributed by atoms with Crippen molar-refractivity contribution in [3.8, 4) is 0 Å². The largest absolute Gasteiger partial charge is 0.394 e. The van der Waals surface area contributed by atoms with Crippen LogP contribution in [0.2, 0.25) is 0 Å². The van der Waals surface area contributed by atoms with E-state index in [0.717, 1.165) is 0 Å². The van der Waals surface area contributed by atoms with Gasteiger partial charge in [-0.3, -0.25) is 4.57 Å². The van der Waals surface area contributed by atoms with Crippen molar-refractivity contribution < 1.29 is 34.1 Å². The molecular formula is C15H22N4O8. The first-order chi connectivity index (χ1) is 12.8. The van der Waals surface area contributed by atoms with Crippen molar-refractivity contribution in [3.05, 3.63) is 22.7 Å². The average molecular weight is 386 g/mol. The van der Waals surface area contributed by atoms with E-state index in [1.165, 1.54) is 16.8 Å². The first kappa shape index (κ1) is 19.7. The van der Waals surface area contributed by atoms with Crippen LogP contribution in [0.3, 0.4) is 0 Å². The van der Waals surface area contributed by atoms with E-state index in [2.05, 4.69) is 15.3 Å². The monoisotopic (exact) mass is 386 g/mol. The van der Waals surface area contributed by atoms with E-state index in [-0.39, 0.29) is 12.4 Å². The molecule has 0 aliphatic carbocycles. The number of rotatable bonds is 6. The highest BCUT2D eigenvalue weighted by molar-refractivity contribution is 5.76. The van der Waals surface area contributed by atoms with Gasteiger partial charge >= 0.3 is 11.7 Å². The summed E-state index contributed by atoms with van der Waals surface area (Å²) in [5, 5.41) is 18.3. The number of ether oxygens (including phenoxy) is 3. The number of anilines is 1. The summed E-state index contributed by atoms with van der Waals surface area (Å²) in [5.74, 6) is -1.81. The summed E-state index contributed by atoms with van der Waals surface area (Å²) in [5.41, 5.74) is 6.80. The molecule has 0 radical (unpaired) electrons. The summed E-state index contributed by atoms with van der Waals surface area (Å²) in [6.45, 7) is 2.59. The number of nitrogens with zero attached hydrogens (tertiary/aromatic N) is 2. The van der Waals surface area contributed by atoms with Crippen molar-refractivity contribution >= 4 is 11.8 Å². The number of fused-ring (bicyclic) bond motifs is 1. The Hall–Kier alpha value is -2.09. The van der Waals surface area contributed by atoms with E-state index in [1.807, 2.05) is 0 Å². The zero-order valence-corrected chi connectivity index (χ0v) is 14.8. The Morgan fingerprint density at radius 2 is 2.15 bits per heavy atom. The molecule has 0 saturated carbocycles. The maximum atomic E-state index is 12.4.